The van der Waals surface area contributed by atoms with Gasteiger partial charge in [-0.1, -0.05) is 0 Å². The fourth-order valence-corrected chi connectivity index (χ4v) is 3.49. The van der Waals surface area contributed by atoms with Crippen molar-refractivity contribution in [1.29, 1.82) is 0 Å². The fourth-order valence-electron chi connectivity index (χ4n) is 2.24. The van der Waals surface area contributed by atoms with Gasteiger partial charge in [0.2, 0.25) is 5.91 Å². The van der Waals surface area contributed by atoms with Crippen LogP contribution in [0.25, 0.3) is 0 Å². The zero-order valence-corrected chi connectivity index (χ0v) is 12.1. The van der Waals surface area contributed by atoms with Crippen molar-refractivity contribution in [3.63, 3.8) is 0 Å². The highest BCUT2D eigenvalue weighted by Crippen LogP contribution is 2.36. The molecule has 0 radical (unpaired) electrons. The van der Waals surface area contributed by atoms with Crippen LogP contribution in [0.15, 0.2) is 18.2 Å². The maximum atomic E-state index is 13.8. The van der Waals surface area contributed by atoms with E-state index < -0.39 is 5.82 Å². The molecular formula is C14H17F2NO2S. The number of hydrogen-bond acceptors (Lipinski definition) is 3. The number of carbonyl (C=O) groups is 1. The van der Waals surface area contributed by atoms with E-state index in [0.717, 1.165) is 12.1 Å². The molecule has 1 aromatic rings. The van der Waals surface area contributed by atoms with E-state index in [1.54, 1.807) is 16.7 Å². The van der Waals surface area contributed by atoms with Gasteiger partial charge in [0, 0.05) is 36.8 Å². The Morgan fingerprint density at radius 1 is 1.45 bits per heavy atom. The summed E-state index contributed by atoms with van der Waals surface area (Å²) in [5, 5.41) is -0.119. The molecule has 20 heavy (non-hydrogen) atoms. The molecule has 1 aliphatic rings. The van der Waals surface area contributed by atoms with Crippen molar-refractivity contribution in [2.75, 3.05) is 32.6 Å². The first kappa shape index (κ1) is 15.3. The summed E-state index contributed by atoms with van der Waals surface area (Å²) < 4.78 is 31.9. The van der Waals surface area contributed by atoms with E-state index in [9.17, 15) is 13.6 Å². The summed E-state index contributed by atoms with van der Waals surface area (Å²) in [6, 6.07) is 3.53. The van der Waals surface area contributed by atoms with Gasteiger partial charge in [-0.25, -0.2) is 8.78 Å². The first-order chi connectivity index (χ1) is 9.61. The Morgan fingerprint density at radius 2 is 2.25 bits per heavy atom. The number of benzene rings is 1. The van der Waals surface area contributed by atoms with E-state index in [2.05, 4.69) is 0 Å². The number of rotatable bonds is 3. The van der Waals surface area contributed by atoms with Crippen LogP contribution in [-0.4, -0.2) is 43.4 Å². The third kappa shape index (κ3) is 3.70. The molecule has 0 bridgehead atoms. The van der Waals surface area contributed by atoms with E-state index in [0.29, 0.717) is 30.8 Å². The van der Waals surface area contributed by atoms with Crippen LogP contribution in [0.2, 0.25) is 0 Å². The molecule has 0 aromatic heterocycles. The fraction of sp³-hybridized carbons (Fsp3) is 0.500. The summed E-state index contributed by atoms with van der Waals surface area (Å²) in [5.41, 5.74) is 0.385. The molecule has 2 rings (SSSR count). The largest absolute Gasteiger partial charge is 0.375 e. The maximum Gasteiger partial charge on any atom is 0.248 e. The molecule has 1 heterocycles. The Morgan fingerprint density at radius 3 is 3.00 bits per heavy atom. The van der Waals surface area contributed by atoms with E-state index in [-0.39, 0.29) is 23.6 Å². The lowest BCUT2D eigenvalue weighted by Crippen LogP contribution is -2.35. The van der Waals surface area contributed by atoms with Gasteiger partial charge in [0.15, 0.2) is 0 Å². The highest BCUT2D eigenvalue weighted by Gasteiger charge is 2.24. The third-order valence-electron chi connectivity index (χ3n) is 3.27. The highest BCUT2D eigenvalue weighted by atomic mass is 32.2. The molecule has 1 atom stereocenters. The van der Waals surface area contributed by atoms with Gasteiger partial charge in [-0.05, 0) is 24.6 Å². The number of methoxy groups -OCH3 is 1. The Kier molecular flexibility index (Phi) is 5.37. The van der Waals surface area contributed by atoms with Gasteiger partial charge in [0.25, 0.3) is 0 Å². The van der Waals surface area contributed by atoms with Crippen molar-refractivity contribution in [1.82, 2.24) is 4.90 Å². The minimum absolute atomic E-state index is 0.0592. The number of amides is 1. The van der Waals surface area contributed by atoms with Crippen LogP contribution in [-0.2, 0) is 9.53 Å². The summed E-state index contributed by atoms with van der Waals surface area (Å²) >= 11 is 1.56. The minimum Gasteiger partial charge on any atom is -0.375 e. The summed E-state index contributed by atoms with van der Waals surface area (Å²) in [6.07, 6.45) is 0.612. The van der Waals surface area contributed by atoms with Crippen molar-refractivity contribution in [3.8, 4) is 0 Å². The van der Waals surface area contributed by atoms with E-state index in [4.69, 9.17) is 4.74 Å². The van der Waals surface area contributed by atoms with Crippen molar-refractivity contribution in [3.05, 3.63) is 35.4 Å². The second-order valence-corrected chi connectivity index (χ2v) is 5.94. The van der Waals surface area contributed by atoms with Gasteiger partial charge in [-0.15, -0.1) is 0 Å². The van der Waals surface area contributed by atoms with Crippen LogP contribution in [0.5, 0.6) is 0 Å². The number of hydrogen-bond donors (Lipinski definition) is 0. The molecule has 1 aromatic carbocycles. The van der Waals surface area contributed by atoms with Crippen molar-refractivity contribution >= 4 is 17.7 Å². The Balaban J connectivity index is 2.06. The van der Waals surface area contributed by atoms with Crippen LogP contribution in [0.4, 0.5) is 8.78 Å². The predicted octanol–water partition coefficient (Wildman–Crippen LogP) is 2.62. The maximum absolute atomic E-state index is 13.8. The molecule has 3 nitrogen and oxygen atoms in total. The van der Waals surface area contributed by atoms with Crippen molar-refractivity contribution < 1.29 is 18.3 Å². The van der Waals surface area contributed by atoms with Crippen molar-refractivity contribution in [2.45, 2.75) is 11.7 Å². The Labute approximate surface area is 121 Å². The van der Waals surface area contributed by atoms with Crippen LogP contribution in [0.1, 0.15) is 17.2 Å². The van der Waals surface area contributed by atoms with E-state index >= 15 is 0 Å². The van der Waals surface area contributed by atoms with Gasteiger partial charge < -0.3 is 9.64 Å². The molecule has 0 saturated carbocycles. The van der Waals surface area contributed by atoms with Gasteiger partial charge in [0.05, 0.1) is 0 Å². The second-order valence-electron chi connectivity index (χ2n) is 4.63. The average molecular weight is 301 g/mol. The first-order valence-electron chi connectivity index (χ1n) is 6.45. The van der Waals surface area contributed by atoms with Gasteiger partial charge >= 0.3 is 0 Å². The number of ether oxygens (including phenoxy) is 1. The summed E-state index contributed by atoms with van der Waals surface area (Å²) in [6.45, 7) is 1.21. The lowest BCUT2D eigenvalue weighted by Gasteiger charge is -2.19. The molecular weight excluding hydrogens is 284 g/mol. The molecule has 1 amide bonds. The smallest absolute Gasteiger partial charge is 0.248 e. The standard InChI is InChI=1S/C14H17F2NO2S/c1-19-9-14(18)17-5-4-13(20-7-6-17)11-8-10(15)2-3-12(11)16/h2-3,8,13H,4-7,9H2,1H3. The number of nitrogens with zero attached hydrogens (tertiary/aromatic N) is 1. The van der Waals surface area contributed by atoms with Gasteiger partial charge in [-0.2, -0.15) is 11.8 Å². The molecule has 6 heteroatoms. The molecule has 0 spiro atoms. The number of thioether (sulfide) groups is 1. The van der Waals surface area contributed by atoms with Crippen LogP contribution in [0, 0.1) is 11.6 Å². The molecule has 110 valence electrons. The van der Waals surface area contributed by atoms with Gasteiger partial charge in [0.1, 0.15) is 18.2 Å². The molecule has 0 N–H and O–H groups in total. The van der Waals surface area contributed by atoms with Crippen LogP contribution in [0.3, 0.4) is 0 Å². The Bertz CT molecular complexity index is 484. The normalized spacial score (nSPS) is 19.8. The molecule has 1 aliphatic heterocycles. The molecule has 0 aliphatic carbocycles. The molecule has 1 saturated heterocycles. The second kappa shape index (κ2) is 7.04. The monoisotopic (exact) mass is 301 g/mol. The lowest BCUT2D eigenvalue weighted by molar-refractivity contribution is -0.134. The van der Waals surface area contributed by atoms with E-state index in [1.807, 2.05) is 0 Å². The quantitative estimate of drug-likeness (QED) is 0.859. The SMILES string of the molecule is COCC(=O)N1CCSC(c2cc(F)ccc2F)CC1. The third-order valence-corrected chi connectivity index (χ3v) is 4.58. The molecule has 1 unspecified atom stereocenters. The zero-order valence-electron chi connectivity index (χ0n) is 11.3. The average Bonchev–Trinajstić information content (AvgIpc) is 2.67. The minimum atomic E-state index is -0.432. The topological polar surface area (TPSA) is 29.5 Å². The first-order valence-corrected chi connectivity index (χ1v) is 7.50. The highest BCUT2D eigenvalue weighted by molar-refractivity contribution is 7.99. The van der Waals surface area contributed by atoms with E-state index in [1.165, 1.54) is 13.2 Å². The van der Waals surface area contributed by atoms with Crippen LogP contribution < -0.4 is 0 Å². The molecule has 1 fully saturated rings. The van der Waals surface area contributed by atoms with Gasteiger partial charge in [-0.3, -0.25) is 4.79 Å². The summed E-state index contributed by atoms with van der Waals surface area (Å²) in [4.78, 5) is 13.5. The predicted molar refractivity (Wildman–Crippen MR) is 74.6 cm³/mol. The lowest BCUT2D eigenvalue weighted by atomic mass is 10.1. The number of carbonyl (C=O) groups excluding carboxylic acids is 1. The Hall–Kier alpha value is -1.14. The zero-order chi connectivity index (χ0) is 14.5. The van der Waals surface area contributed by atoms with Crippen LogP contribution >= 0.6 is 11.8 Å². The summed E-state index contributed by atoms with van der Waals surface area (Å²) in [5.74, 6) is -0.177. The summed E-state index contributed by atoms with van der Waals surface area (Å²) in [7, 11) is 1.48. The van der Waals surface area contributed by atoms with Crippen molar-refractivity contribution in [2.24, 2.45) is 0 Å². The number of halogens is 2.